The number of hydrogen-bond donors (Lipinski definition) is 4. The van der Waals surface area contributed by atoms with E-state index in [4.69, 9.17) is 11.5 Å². The van der Waals surface area contributed by atoms with Crippen LogP contribution in [0.25, 0.3) is 0 Å². The minimum Gasteiger partial charge on any atom is -0.393 e. The standard InChI is InChI=1S/C30H49NO2.C30H51NO/c1-25(2)14-16-30(24(31)33)17-15-28(6)19(20(30)18-25)8-9-22-27(5)12-11-23(32)26(3,4)21(27)10-13-29(22,28)7;1-25(2)14-16-30(19-31)17-15-28(6)20(21(30)18-25)8-9-23-27(5)12-11-24(32)26(3,4)22(27)10-13-29(23,28)7/h8,20-23,32H,9-18H2,1-7H3,(H2,31,33);8,21-24,32H,9-19,31H2,1-7H3/t20-,21-,22+,23-,27-,28+,29+,30-;21-,22-,23+,24-,27-,28+,29+,30+/m00/s1. The molecule has 10 rings (SSSR count). The fraction of sp³-hybridized carbons (Fsp3) is 0.917. The highest BCUT2D eigenvalue weighted by molar-refractivity contribution is 5.82. The third kappa shape index (κ3) is 6.45. The molecule has 10 aliphatic rings. The Morgan fingerprint density at radius 2 is 0.923 bits per heavy atom. The molecule has 16 atom stereocenters. The summed E-state index contributed by atoms with van der Waals surface area (Å²) in [6.45, 7) is 35.7. The smallest absolute Gasteiger partial charge is 0.224 e. The summed E-state index contributed by atoms with van der Waals surface area (Å²) in [7, 11) is 0. The quantitative estimate of drug-likeness (QED) is 0.207. The number of carbonyl (C=O) groups is 1. The van der Waals surface area contributed by atoms with E-state index in [-0.39, 0.29) is 56.0 Å². The Bertz CT molecular complexity index is 1980. The Hall–Kier alpha value is -1.17. The second kappa shape index (κ2) is 14.9. The summed E-state index contributed by atoms with van der Waals surface area (Å²) in [4.78, 5) is 13.0. The van der Waals surface area contributed by atoms with Gasteiger partial charge in [-0.2, -0.15) is 0 Å². The molecule has 65 heavy (non-hydrogen) atoms. The average molecular weight is 897 g/mol. The number of carbonyl (C=O) groups excluding carboxylic acids is 1. The number of primary amides is 1. The summed E-state index contributed by atoms with van der Waals surface area (Å²) < 4.78 is 0. The summed E-state index contributed by atoms with van der Waals surface area (Å²) in [5.41, 5.74) is 18.6. The van der Waals surface area contributed by atoms with Crippen LogP contribution in [0.4, 0.5) is 0 Å². The number of allylic oxidation sites excluding steroid dienone is 4. The first-order valence-corrected chi connectivity index (χ1v) is 27.7. The molecule has 5 heteroatoms. The van der Waals surface area contributed by atoms with E-state index in [0.29, 0.717) is 56.7 Å². The zero-order valence-corrected chi connectivity index (χ0v) is 44.6. The number of aliphatic hydroxyl groups excluding tert-OH is 2. The average Bonchev–Trinajstić information content (AvgIpc) is 3.21. The van der Waals surface area contributed by atoms with Gasteiger partial charge in [0.05, 0.1) is 17.6 Å². The molecule has 5 nitrogen and oxygen atoms in total. The first kappa shape index (κ1) is 48.8. The van der Waals surface area contributed by atoms with Crippen molar-refractivity contribution in [3.63, 3.8) is 0 Å². The summed E-state index contributed by atoms with van der Waals surface area (Å²) in [5.74, 6) is 3.53. The van der Waals surface area contributed by atoms with Gasteiger partial charge in [0.25, 0.3) is 0 Å². The maximum atomic E-state index is 13.0. The Kier molecular flexibility index (Phi) is 11.2. The third-order valence-electron chi connectivity index (χ3n) is 26.3. The number of fused-ring (bicyclic) bond motifs is 14. The molecule has 0 aromatic heterocycles. The lowest BCUT2D eigenvalue weighted by Gasteiger charge is -2.71. The predicted molar refractivity (Wildman–Crippen MR) is 268 cm³/mol. The van der Waals surface area contributed by atoms with Gasteiger partial charge in [0.15, 0.2) is 0 Å². The summed E-state index contributed by atoms with van der Waals surface area (Å²) in [6, 6.07) is 0. The molecule has 8 saturated carbocycles. The molecule has 6 N–H and O–H groups in total. The van der Waals surface area contributed by atoms with Crippen LogP contribution >= 0.6 is 0 Å². The van der Waals surface area contributed by atoms with Gasteiger partial charge in [-0.25, -0.2) is 0 Å². The Labute approximate surface area is 398 Å². The first-order chi connectivity index (χ1) is 29.9. The maximum absolute atomic E-state index is 13.0. The molecular formula is C60H100N2O3. The van der Waals surface area contributed by atoms with Crippen LogP contribution in [0.15, 0.2) is 23.3 Å². The van der Waals surface area contributed by atoms with Crippen LogP contribution in [-0.4, -0.2) is 34.9 Å². The van der Waals surface area contributed by atoms with E-state index in [1.807, 2.05) is 5.57 Å². The van der Waals surface area contributed by atoms with Crippen molar-refractivity contribution in [3.05, 3.63) is 23.3 Å². The minimum atomic E-state index is -0.331. The van der Waals surface area contributed by atoms with Crippen LogP contribution in [0.1, 0.15) is 225 Å². The normalized spacial score (nSPS) is 53.1. The van der Waals surface area contributed by atoms with Crippen molar-refractivity contribution in [2.75, 3.05) is 6.54 Å². The van der Waals surface area contributed by atoms with Gasteiger partial charge >= 0.3 is 0 Å². The van der Waals surface area contributed by atoms with E-state index in [2.05, 4.69) is 109 Å². The molecule has 0 spiro atoms. The Morgan fingerprint density at radius 3 is 1.38 bits per heavy atom. The van der Waals surface area contributed by atoms with Crippen molar-refractivity contribution >= 4 is 5.91 Å². The Morgan fingerprint density at radius 1 is 0.523 bits per heavy atom. The van der Waals surface area contributed by atoms with Crippen LogP contribution in [0.2, 0.25) is 0 Å². The zero-order chi connectivity index (χ0) is 47.6. The monoisotopic (exact) mass is 897 g/mol. The summed E-state index contributed by atoms with van der Waals surface area (Å²) in [6.07, 6.45) is 28.6. The molecule has 0 aliphatic heterocycles. The fourth-order valence-corrected chi connectivity index (χ4v) is 21.4. The molecule has 0 aromatic carbocycles. The second-order valence-electron chi connectivity index (χ2n) is 30.3. The van der Waals surface area contributed by atoms with Gasteiger partial charge in [0.2, 0.25) is 5.91 Å². The molecule has 0 aromatic rings. The summed E-state index contributed by atoms with van der Waals surface area (Å²) >= 11 is 0. The van der Waals surface area contributed by atoms with Crippen molar-refractivity contribution in [3.8, 4) is 0 Å². The molecule has 0 radical (unpaired) electrons. The van der Waals surface area contributed by atoms with E-state index in [1.54, 1.807) is 5.57 Å². The largest absolute Gasteiger partial charge is 0.393 e. The van der Waals surface area contributed by atoms with Crippen molar-refractivity contribution in [1.29, 1.82) is 0 Å². The Balaban J connectivity index is 0.000000164. The zero-order valence-electron chi connectivity index (χ0n) is 44.6. The van der Waals surface area contributed by atoms with Gasteiger partial charge in [-0.3, -0.25) is 4.79 Å². The number of hydrogen-bond acceptors (Lipinski definition) is 4. The van der Waals surface area contributed by atoms with Gasteiger partial charge in [0, 0.05) is 0 Å². The molecule has 0 bridgehead atoms. The molecule has 0 unspecified atom stereocenters. The van der Waals surface area contributed by atoms with Gasteiger partial charge in [-0.05, 0) is 230 Å². The van der Waals surface area contributed by atoms with Gasteiger partial charge in [-0.1, -0.05) is 120 Å². The lowest BCUT2D eigenvalue weighted by Crippen LogP contribution is -2.65. The molecule has 0 saturated heterocycles. The van der Waals surface area contributed by atoms with Crippen LogP contribution in [0.3, 0.4) is 0 Å². The van der Waals surface area contributed by atoms with E-state index >= 15 is 0 Å². The molecule has 8 fully saturated rings. The lowest BCUT2D eigenvalue weighted by molar-refractivity contribution is -0.203. The molecule has 10 aliphatic carbocycles. The number of nitrogens with two attached hydrogens (primary N) is 2. The minimum absolute atomic E-state index is 0.0136. The third-order valence-corrected chi connectivity index (χ3v) is 26.3. The highest BCUT2D eigenvalue weighted by Gasteiger charge is 2.71. The van der Waals surface area contributed by atoms with Crippen LogP contribution in [0.5, 0.6) is 0 Å². The highest BCUT2D eigenvalue weighted by atomic mass is 16.3. The topological polar surface area (TPSA) is 110 Å². The maximum Gasteiger partial charge on any atom is 0.224 e. The SMILES string of the molecule is CC1(C)CC[C@]2(C(N)=O)CC[C@]3(C)C(=CC[C@@H]4[C@@]5(C)CC[C@H](O)C(C)(C)[C@@H]5CC[C@]43C)[C@@H]2C1.CC1(C)CC[C@]2(CN)CC[C@]3(C)C(=CC[C@@H]4[C@@]5(C)CC[C@H](O)C(C)(C)[C@@H]5CC[C@]43C)[C@@H]2C1. The van der Waals surface area contributed by atoms with Gasteiger partial charge in [0.1, 0.15) is 0 Å². The molecule has 1 amide bonds. The predicted octanol–water partition coefficient (Wildman–Crippen LogP) is 13.7. The van der Waals surface area contributed by atoms with Gasteiger partial charge in [-0.15, -0.1) is 0 Å². The summed E-state index contributed by atoms with van der Waals surface area (Å²) in [5, 5.41) is 21.8. The van der Waals surface area contributed by atoms with E-state index in [1.165, 1.54) is 70.6 Å². The van der Waals surface area contributed by atoms with Crippen molar-refractivity contribution < 1.29 is 15.0 Å². The number of rotatable bonds is 2. The van der Waals surface area contributed by atoms with Crippen molar-refractivity contribution in [2.24, 2.45) is 112 Å². The van der Waals surface area contributed by atoms with E-state index in [9.17, 15) is 15.0 Å². The first-order valence-electron chi connectivity index (χ1n) is 27.7. The number of amides is 1. The van der Waals surface area contributed by atoms with Crippen LogP contribution < -0.4 is 11.5 Å². The van der Waals surface area contributed by atoms with Gasteiger partial charge < -0.3 is 21.7 Å². The van der Waals surface area contributed by atoms with E-state index in [0.717, 1.165) is 70.3 Å². The molecule has 368 valence electrons. The second-order valence-corrected chi connectivity index (χ2v) is 30.3. The van der Waals surface area contributed by atoms with Crippen LogP contribution in [-0.2, 0) is 4.79 Å². The van der Waals surface area contributed by atoms with E-state index < -0.39 is 0 Å². The fourth-order valence-electron chi connectivity index (χ4n) is 21.4. The van der Waals surface area contributed by atoms with Crippen molar-refractivity contribution in [2.45, 2.75) is 238 Å². The van der Waals surface area contributed by atoms with Crippen LogP contribution in [0, 0.1) is 100 Å². The number of aliphatic hydroxyl groups is 2. The highest BCUT2D eigenvalue weighted by Crippen LogP contribution is 2.78. The van der Waals surface area contributed by atoms with Crippen molar-refractivity contribution in [1.82, 2.24) is 0 Å². The molecule has 0 heterocycles. The lowest BCUT2D eigenvalue weighted by atomic mass is 9.33. The molecular weight excluding hydrogens is 797 g/mol.